The van der Waals surface area contributed by atoms with E-state index in [1.165, 1.54) is 36.4 Å². The van der Waals surface area contributed by atoms with Gasteiger partial charge in [0.25, 0.3) is 5.92 Å². The Morgan fingerprint density at radius 1 is 0.533 bits per heavy atom. The molecule has 0 spiro atoms. The molecule has 1 N–H and O–H groups in total. The Morgan fingerprint density at radius 3 is 1.53 bits per heavy atom. The molecular weight excluding hydrogens is 800 g/mol. The van der Waals surface area contributed by atoms with Crippen molar-refractivity contribution in [3.05, 3.63) is 113 Å². The summed E-state index contributed by atoms with van der Waals surface area (Å²) in [5.74, 6) is -10.7. The number of ketones is 1. The zero-order valence-electron chi connectivity index (χ0n) is 33.7. The topological polar surface area (TPSA) is 74.2 Å². The largest absolute Gasteiger partial charge is 0.505 e. The number of alkyl halides is 4. The van der Waals surface area contributed by atoms with Crippen LogP contribution in [-0.4, -0.2) is 30.7 Å². The van der Waals surface area contributed by atoms with E-state index in [9.17, 15) is 39.9 Å². The van der Waals surface area contributed by atoms with Crippen LogP contribution in [0.1, 0.15) is 114 Å². The Labute approximate surface area is 345 Å². The van der Waals surface area contributed by atoms with Crippen LogP contribution >= 0.6 is 0 Å². The summed E-state index contributed by atoms with van der Waals surface area (Å²) >= 11 is 0. The van der Waals surface area contributed by atoms with Gasteiger partial charge in [-0.3, -0.25) is 4.79 Å². The van der Waals surface area contributed by atoms with Crippen LogP contribution in [0.4, 0.5) is 35.1 Å². The molecule has 0 atom stereocenters. The summed E-state index contributed by atoms with van der Waals surface area (Å²) in [5, 5.41) is 9.16. The molecule has 4 aromatic rings. The first-order valence-corrected chi connectivity index (χ1v) is 20.4. The molecule has 60 heavy (non-hydrogen) atoms. The zero-order chi connectivity index (χ0) is 43.5. The predicted octanol–water partition coefficient (Wildman–Crippen LogP) is 13.3. The standard InChI is InChI=1S/C46H52F8O6/c1-2-57-39-27-17-32(41(47)43(39)49)31-45(51,52)33-18-22-36(23-19-33)58-29-13-9-5-3-7-11-15-35(55)16-12-8-4-6-10-14-30-59-37-24-20-34(21-25-37)46(53,54)60-40-28-26-38(56)42(48)44(40)50/h17-28,56H,2-16,29-31H2,1H3. The fraction of sp³-hybridized carbons (Fsp3) is 0.457. The lowest BCUT2D eigenvalue weighted by Gasteiger charge is -2.19. The molecule has 0 aliphatic heterocycles. The highest BCUT2D eigenvalue weighted by Gasteiger charge is 2.36. The Kier molecular flexibility index (Phi) is 18.8. The van der Waals surface area contributed by atoms with Crippen LogP contribution in [0, 0.1) is 23.3 Å². The van der Waals surface area contributed by atoms with Crippen LogP contribution in [0.2, 0.25) is 0 Å². The molecule has 0 radical (unpaired) electrons. The summed E-state index contributed by atoms with van der Waals surface area (Å²) in [5.41, 5.74) is -1.36. The first-order chi connectivity index (χ1) is 28.7. The van der Waals surface area contributed by atoms with Crippen LogP contribution in [0.25, 0.3) is 0 Å². The summed E-state index contributed by atoms with van der Waals surface area (Å²) in [6.45, 7) is 2.54. The molecule has 6 nitrogen and oxygen atoms in total. The highest BCUT2D eigenvalue weighted by Crippen LogP contribution is 2.37. The Hall–Kier alpha value is -5.01. The van der Waals surface area contributed by atoms with Gasteiger partial charge in [0.2, 0.25) is 17.5 Å². The maximum atomic E-state index is 14.9. The molecule has 328 valence electrons. The summed E-state index contributed by atoms with van der Waals surface area (Å²) in [7, 11) is 0. The lowest BCUT2D eigenvalue weighted by atomic mass is 9.99. The number of aromatic hydroxyl groups is 1. The molecule has 0 unspecified atom stereocenters. The highest BCUT2D eigenvalue weighted by molar-refractivity contribution is 5.78. The quantitative estimate of drug-likeness (QED) is 0.0453. The number of rotatable bonds is 28. The van der Waals surface area contributed by atoms with Crippen molar-refractivity contribution in [3.8, 4) is 28.7 Å². The first kappa shape index (κ1) is 47.7. The number of Topliss-reactive ketones (excluding diaryl/α,β-unsaturated/α-hetero) is 1. The lowest BCUT2D eigenvalue weighted by molar-refractivity contribution is -0.187. The van der Waals surface area contributed by atoms with E-state index in [0.29, 0.717) is 43.6 Å². The molecule has 0 saturated carbocycles. The third-order valence-electron chi connectivity index (χ3n) is 9.81. The van der Waals surface area contributed by atoms with Crippen LogP contribution in [-0.2, 0) is 23.2 Å². The third kappa shape index (κ3) is 14.9. The second-order valence-electron chi connectivity index (χ2n) is 14.5. The Balaban J connectivity index is 0.957. The number of benzene rings is 4. The molecule has 0 amide bonds. The minimum Gasteiger partial charge on any atom is -0.505 e. The molecule has 14 heteroatoms. The maximum absolute atomic E-state index is 14.9. The van der Waals surface area contributed by atoms with Gasteiger partial charge in [0.05, 0.1) is 25.4 Å². The molecule has 0 aliphatic rings. The fourth-order valence-electron chi connectivity index (χ4n) is 6.42. The second-order valence-corrected chi connectivity index (χ2v) is 14.5. The van der Waals surface area contributed by atoms with E-state index in [-0.39, 0.29) is 23.7 Å². The van der Waals surface area contributed by atoms with Gasteiger partial charge in [-0.05, 0) is 105 Å². The Bertz CT molecular complexity index is 1920. The molecule has 4 aromatic carbocycles. The summed E-state index contributed by atoms with van der Waals surface area (Å²) in [4.78, 5) is 12.3. The molecule has 0 bridgehead atoms. The number of carbonyl (C=O) groups is 1. The van der Waals surface area contributed by atoms with Gasteiger partial charge in [0.15, 0.2) is 23.1 Å². The normalized spacial score (nSPS) is 11.8. The van der Waals surface area contributed by atoms with E-state index >= 15 is 0 Å². The number of unbranched alkanes of at least 4 members (excludes halogenated alkanes) is 10. The van der Waals surface area contributed by atoms with E-state index in [4.69, 9.17) is 19.3 Å². The average Bonchev–Trinajstić information content (AvgIpc) is 3.23. The van der Waals surface area contributed by atoms with E-state index in [1.807, 2.05) is 0 Å². The van der Waals surface area contributed by atoms with Crippen molar-refractivity contribution < 1.29 is 64.0 Å². The lowest BCUT2D eigenvalue weighted by Crippen LogP contribution is -2.22. The van der Waals surface area contributed by atoms with Crippen molar-refractivity contribution in [3.63, 3.8) is 0 Å². The second kappa shape index (κ2) is 23.7. The molecule has 0 aliphatic carbocycles. The fourth-order valence-corrected chi connectivity index (χ4v) is 6.42. The monoisotopic (exact) mass is 852 g/mol. The number of phenolic OH excluding ortho intramolecular Hbond substituents is 1. The van der Waals surface area contributed by atoms with Crippen LogP contribution in [0.5, 0.6) is 28.7 Å². The number of ether oxygens (including phenoxy) is 4. The van der Waals surface area contributed by atoms with Gasteiger partial charge in [-0.25, -0.2) is 13.2 Å². The third-order valence-corrected chi connectivity index (χ3v) is 9.81. The summed E-state index contributed by atoms with van der Waals surface area (Å²) in [6.07, 6.45) is 7.18. The van der Waals surface area contributed by atoms with Gasteiger partial charge >= 0.3 is 6.11 Å². The van der Waals surface area contributed by atoms with Crippen molar-refractivity contribution >= 4 is 5.78 Å². The number of carbonyl (C=O) groups excluding carboxylic acids is 1. The van der Waals surface area contributed by atoms with Gasteiger partial charge < -0.3 is 24.1 Å². The molecule has 0 aromatic heterocycles. The summed E-state index contributed by atoms with van der Waals surface area (Å²) in [6, 6.07) is 13.8. The van der Waals surface area contributed by atoms with Gasteiger partial charge in [-0.2, -0.15) is 22.0 Å². The van der Waals surface area contributed by atoms with E-state index in [1.54, 1.807) is 6.92 Å². The predicted molar refractivity (Wildman–Crippen MR) is 211 cm³/mol. The van der Waals surface area contributed by atoms with Crippen molar-refractivity contribution in [2.24, 2.45) is 0 Å². The molecular formula is C46H52F8O6. The van der Waals surface area contributed by atoms with Crippen molar-refractivity contribution in [1.29, 1.82) is 0 Å². The zero-order valence-corrected chi connectivity index (χ0v) is 33.7. The van der Waals surface area contributed by atoms with Gasteiger partial charge in [-0.1, -0.05) is 57.4 Å². The van der Waals surface area contributed by atoms with Crippen LogP contribution < -0.4 is 18.9 Å². The Morgan fingerprint density at radius 2 is 1.00 bits per heavy atom. The first-order valence-electron chi connectivity index (χ1n) is 20.4. The molecule has 4 rings (SSSR count). The maximum Gasteiger partial charge on any atom is 0.426 e. The van der Waals surface area contributed by atoms with Gasteiger partial charge in [0, 0.05) is 24.8 Å². The van der Waals surface area contributed by atoms with Crippen molar-refractivity contribution in [2.75, 3.05) is 19.8 Å². The SMILES string of the molecule is CCOc1ccc(CC(F)(F)c2ccc(OCCCCCCCCC(=O)CCCCCCCCOc3ccc(C(F)(F)Oc4ccc(O)c(F)c4F)cc3)cc2)c(F)c1F. The van der Waals surface area contributed by atoms with E-state index in [0.717, 1.165) is 107 Å². The van der Waals surface area contributed by atoms with Crippen molar-refractivity contribution in [1.82, 2.24) is 0 Å². The average molecular weight is 853 g/mol. The van der Waals surface area contributed by atoms with Gasteiger partial charge in [0.1, 0.15) is 17.3 Å². The smallest absolute Gasteiger partial charge is 0.426 e. The molecule has 0 saturated heterocycles. The highest BCUT2D eigenvalue weighted by atomic mass is 19.3. The van der Waals surface area contributed by atoms with Crippen LogP contribution in [0.3, 0.4) is 0 Å². The number of phenols is 1. The molecule has 0 heterocycles. The minimum absolute atomic E-state index is 0.116. The number of hydrogen-bond donors (Lipinski definition) is 1. The number of halogens is 8. The van der Waals surface area contributed by atoms with Crippen LogP contribution in [0.15, 0.2) is 72.8 Å². The van der Waals surface area contributed by atoms with E-state index < -0.39 is 64.3 Å². The minimum atomic E-state index is -3.96. The van der Waals surface area contributed by atoms with Gasteiger partial charge in [-0.15, -0.1) is 0 Å². The summed E-state index contributed by atoms with van der Waals surface area (Å²) < 4.78 is 135. The van der Waals surface area contributed by atoms with E-state index in [2.05, 4.69) is 4.74 Å². The number of hydrogen-bond acceptors (Lipinski definition) is 6. The van der Waals surface area contributed by atoms with Crippen molar-refractivity contribution in [2.45, 2.75) is 115 Å². The molecule has 0 fully saturated rings.